The zero-order valence-electron chi connectivity index (χ0n) is 12.0. The van der Waals surface area contributed by atoms with Crippen LogP contribution in [0.1, 0.15) is 23.4 Å². The third-order valence-corrected chi connectivity index (χ3v) is 5.23. The van der Waals surface area contributed by atoms with Crippen molar-refractivity contribution in [3.8, 4) is 0 Å². The Balaban J connectivity index is 2.21. The van der Waals surface area contributed by atoms with Crippen LogP contribution in [0.2, 0.25) is 0 Å². The Labute approximate surface area is 137 Å². The second-order valence-electron chi connectivity index (χ2n) is 4.93. The summed E-state index contributed by atoms with van der Waals surface area (Å²) >= 11 is 5.57. The molecule has 2 rings (SSSR count). The van der Waals surface area contributed by atoms with E-state index in [4.69, 9.17) is 21.1 Å². The van der Waals surface area contributed by atoms with Gasteiger partial charge in [0.1, 0.15) is 6.04 Å². The molecule has 126 valence electrons. The maximum absolute atomic E-state index is 12.5. The summed E-state index contributed by atoms with van der Waals surface area (Å²) in [5.74, 6) is -2.34. The van der Waals surface area contributed by atoms with Crippen molar-refractivity contribution in [3.05, 3.63) is 29.5 Å². The molecule has 1 fully saturated rings. The van der Waals surface area contributed by atoms with Crippen molar-refractivity contribution in [1.82, 2.24) is 9.62 Å². The molecule has 1 aromatic rings. The van der Waals surface area contributed by atoms with Crippen molar-refractivity contribution in [1.29, 1.82) is 0 Å². The van der Waals surface area contributed by atoms with Crippen molar-refractivity contribution >= 4 is 33.5 Å². The number of carboxylic acids is 1. The van der Waals surface area contributed by atoms with Crippen molar-refractivity contribution < 1.29 is 27.5 Å². The Kier molecular flexibility index (Phi) is 5.12. The SMILES string of the molecule is C=C(Cl)CNC(=O)C1CCCN1S(=O)(=O)c1ccc(C(=O)O)o1. The quantitative estimate of drug-likeness (QED) is 0.779. The summed E-state index contributed by atoms with van der Waals surface area (Å²) in [6.45, 7) is 3.62. The summed E-state index contributed by atoms with van der Waals surface area (Å²) in [4.78, 5) is 22.9. The number of carbonyl (C=O) groups excluding carboxylic acids is 1. The molecule has 23 heavy (non-hydrogen) atoms. The molecule has 10 heteroatoms. The first-order valence-corrected chi connectivity index (χ1v) is 8.51. The average Bonchev–Trinajstić information content (AvgIpc) is 3.13. The van der Waals surface area contributed by atoms with E-state index < -0.39 is 38.8 Å². The number of hydrogen-bond acceptors (Lipinski definition) is 5. The minimum atomic E-state index is -4.10. The predicted octanol–water partition coefficient (Wildman–Crippen LogP) is 1.000. The summed E-state index contributed by atoms with van der Waals surface area (Å²) in [7, 11) is -4.10. The lowest BCUT2D eigenvalue weighted by atomic mass is 10.2. The summed E-state index contributed by atoms with van der Waals surface area (Å²) in [5, 5.41) is 11.0. The highest BCUT2D eigenvalue weighted by Gasteiger charge is 2.41. The normalized spacial score (nSPS) is 18.7. The number of furan rings is 1. The minimum absolute atomic E-state index is 0.0364. The highest BCUT2D eigenvalue weighted by Crippen LogP contribution is 2.27. The van der Waals surface area contributed by atoms with E-state index in [2.05, 4.69) is 11.9 Å². The lowest BCUT2D eigenvalue weighted by molar-refractivity contribution is -0.124. The molecular weight excluding hydrogens is 348 g/mol. The van der Waals surface area contributed by atoms with Gasteiger partial charge in [0.15, 0.2) is 0 Å². The monoisotopic (exact) mass is 362 g/mol. The van der Waals surface area contributed by atoms with Crippen LogP contribution >= 0.6 is 11.6 Å². The zero-order chi connectivity index (χ0) is 17.2. The van der Waals surface area contributed by atoms with Crippen molar-refractivity contribution in [2.75, 3.05) is 13.1 Å². The zero-order valence-corrected chi connectivity index (χ0v) is 13.6. The summed E-state index contributed by atoms with van der Waals surface area (Å²) < 4.78 is 30.9. The van der Waals surface area contributed by atoms with Gasteiger partial charge in [-0.1, -0.05) is 18.2 Å². The smallest absolute Gasteiger partial charge is 0.371 e. The molecule has 0 saturated carbocycles. The van der Waals surface area contributed by atoms with Crippen LogP contribution in [0.15, 0.2) is 33.3 Å². The lowest BCUT2D eigenvalue weighted by Crippen LogP contribution is -2.46. The van der Waals surface area contributed by atoms with Crippen LogP contribution in [0.5, 0.6) is 0 Å². The van der Waals surface area contributed by atoms with E-state index in [1.165, 1.54) is 0 Å². The molecule has 2 N–H and O–H groups in total. The van der Waals surface area contributed by atoms with E-state index in [0.717, 1.165) is 16.4 Å². The van der Waals surface area contributed by atoms with Crippen molar-refractivity contribution in [2.24, 2.45) is 0 Å². The Morgan fingerprint density at radius 1 is 1.48 bits per heavy atom. The maximum atomic E-state index is 12.5. The Bertz CT molecular complexity index is 741. The molecule has 0 aromatic carbocycles. The first-order chi connectivity index (χ1) is 10.7. The van der Waals surface area contributed by atoms with Crippen LogP contribution in [-0.2, 0) is 14.8 Å². The van der Waals surface area contributed by atoms with Gasteiger partial charge < -0.3 is 14.8 Å². The van der Waals surface area contributed by atoms with Crippen LogP contribution < -0.4 is 5.32 Å². The largest absolute Gasteiger partial charge is 0.475 e. The highest BCUT2D eigenvalue weighted by atomic mass is 35.5. The van der Waals surface area contributed by atoms with E-state index in [1.807, 2.05) is 0 Å². The molecule has 0 radical (unpaired) electrons. The molecule has 2 heterocycles. The number of halogens is 1. The molecule has 1 atom stereocenters. The number of aromatic carboxylic acids is 1. The molecule has 1 aliphatic rings. The molecule has 1 saturated heterocycles. The van der Waals surface area contributed by atoms with Crippen LogP contribution in [0.3, 0.4) is 0 Å². The van der Waals surface area contributed by atoms with E-state index in [9.17, 15) is 18.0 Å². The molecule has 1 amide bonds. The fourth-order valence-electron chi connectivity index (χ4n) is 2.28. The molecule has 1 unspecified atom stereocenters. The Hall–Kier alpha value is -1.84. The van der Waals surface area contributed by atoms with Gasteiger partial charge in [-0.15, -0.1) is 0 Å². The first-order valence-electron chi connectivity index (χ1n) is 6.69. The minimum Gasteiger partial charge on any atom is -0.475 e. The highest BCUT2D eigenvalue weighted by molar-refractivity contribution is 7.89. The number of amides is 1. The fraction of sp³-hybridized carbons (Fsp3) is 0.385. The Morgan fingerprint density at radius 2 is 2.17 bits per heavy atom. The van der Waals surface area contributed by atoms with Gasteiger partial charge in [0, 0.05) is 11.6 Å². The molecular formula is C13H15ClN2O6S. The van der Waals surface area contributed by atoms with Crippen LogP contribution in [0.25, 0.3) is 0 Å². The number of hydrogen-bond donors (Lipinski definition) is 2. The molecule has 1 aromatic heterocycles. The second-order valence-corrected chi connectivity index (χ2v) is 7.29. The van der Waals surface area contributed by atoms with Crippen molar-refractivity contribution in [2.45, 2.75) is 24.0 Å². The predicted molar refractivity (Wildman–Crippen MR) is 80.6 cm³/mol. The van der Waals surface area contributed by atoms with Gasteiger partial charge in [0.05, 0.1) is 6.54 Å². The number of nitrogens with one attached hydrogen (secondary N) is 1. The van der Waals surface area contributed by atoms with Gasteiger partial charge in [-0.25, -0.2) is 13.2 Å². The standard InChI is InChI=1S/C13H15ClN2O6S/c1-8(14)7-15-12(17)9-3-2-6-16(9)23(20,21)11-5-4-10(22-11)13(18)19/h4-5,9H,1-3,6-7H2,(H,15,17)(H,18,19). The van der Waals surface area contributed by atoms with E-state index in [-0.39, 0.29) is 18.1 Å². The third-order valence-electron chi connectivity index (χ3n) is 3.32. The van der Waals surface area contributed by atoms with Crippen LogP contribution in [0.4, 0.5) is 0 Å². The molecule has 1 aliphatic heterocycles. The van der Waals surface area contributed by atoms with Gasteiger partial charge >= 0.3 is 5.97 Å². The lowest BCUT2D eigenvalue weighted by Gasteiger charge is -2.22. The van der Waals surface area contributed by atoms with E-state index in [0.29, 0.717) is 12.8 Å². The van der Waals surface area contributed by atoms with Crippen molar-refractivity contribution in [3.63, 3.8) is 0 Å². The second kappa shape index (κ2) is 6.73. The number of carbonyl (C=O) groups is 2. The van der Waals surface area contributed by atoms with Crippen LogP contribution in [-0.4, -0.2) is 48.8 Å². The summed E-state index contributed by atoms with van der Waals surface area (Å²) in [5.41, 5.74) is 0. The topological polar surface area (TPSA) is 117 Å². The van der Waals surface area contributed by atoms with Gasteiger partial charge in [0.2, 0.25) is 16.8 Å². The maximum Gasteiger partial charge on any atom is 0.371 e. The third kappa shape index (κ3) is 3.74. The number of sulfonamides is 1. The number of carboxylic acid groups (broad SMARTS) is 1. The number of rotatable bonds is 6. The Morgan fingerprint density at radius 3 is 2.74 bits per heavy atom. The van der Waals surface area contributed by atoms with Gasteiger partial charge in [0.25, 0.3) is 10.0 Å². The summed E-state index contributed by atoms with van der Waals surface area (Å²) in [6, 6.07) is 1.22. The number of nitrogens with zero attached hydrogens (tertiary/aromatic N) is 1. The van der Waals surface area contributed by atoms with Gasteiger partial charge in [-0.2, -0.15) is 4.31 Å². The van der Waals surface area contributed by atoms with Gasteiger partial charge in [-0.05, 0) is 25.0 Å². The van der Waals surface area contributed by atoms with E-state index >= 15 is 0 Å². The molecule has 0 spiro atoms. The van der Waals surface area contributed by atoms with Gasteiger partial charge in [-0.3, -0.25) is 4.79 Å². The van der Waals surface area contributed by atoms with E-state index in [1.54, 1.807) is 0 Å². The molecule has 0 aliphatic carbocycles. The first kappa shape index (κ1) is 17.5. The van der Waals surface area contributed by atoms with Crippen LogP contribution in [0, 0.1) is 0 Å². The molecule has 8 nitrogen and oxygen atoms in total. The summed E-state index contributed by atoms with van der Waals surface area (Å²) in [6.07, 6.45) is 0.859. The fourth-order valence-corrected chi connectivity index (χ4v) is 3.92. The average molecular weight is 363 g/mol. The molecule has 0 bridgehead atoms.